The van der Waals surface area contributed by atoms with Crippen LogP contribution in [0.5, 0.6) is 0 Å². The fraction of sp³-hybridized carbons (Fsp3) is 0.235. The van der Waals surface area contributed by atoms with E-state index in [1.807, 2.05) is 12.1 Å². The van der Waals surface area contributed by atoms with Gasteiger partial charge in [-0.3, -0.25) is 20.0 Å². The molecule has 4 rings (SSSR count). The Morgan fingerprint density at radius 3 is 2.40 bits per heavy atom. The van der Waals surface area contributed by atoms with Crippen LogP contribution in [0.3, 0.4) is 0 Å². The van der Waals surface area contributed by atoms with Crippen molar-refractivity contribution in [2.75, 3.05) is 18.0 Å². The molecule has 2 saturated heterocycles. The Kier molecular flexibility index (Phi) is 4.18. The molecular weight excluding hydrogens is 404 g/mol. The summed E-state index contributed by atoms with van der Waals surface area (Å²) in [5.41, 5.74) is 2.07. The van der Waals surface area contributed by atoms with Gasteiger partial charge in [-0.15, -0.1) is 0 Å². The van der Waals surface area contributed by atoms with Crippen molar-refractivity contribution >= 4 is 44.6 Å². The third kappa shape index (κ3) is 2.80. The molecule has 1 unspecified atom stereocenters. The number of halogens is 1. The van der Waals surface area contributed by atoms with E-state index < -0.39 is 0 Å². The SMILES string of the molecule is O=[N+]([O-])c1ccc(N2C(=S)N3CCCN3C2c2ccc(Br)cc2)cc1. The molecule has 0 radical (unpaired) electrons. The number of hydrogen-bond donors (Lipinski definition) is 0. The van der Waals surface area contributed by atoms with Crippen molar-refractivity contribution in [1.82, 2.24) is 10.0 Å². The zero-order valence-corrected chi connectivity index (χ0v) is 15.6. The zero-order valence-electron chi connectivity index (χ0n) is 13.2. The standard InChI is InChI=1S/C17H15BrN4O2S/c18-13-4-2-12(3-5-13)16-19-10-1-11-20(19)17(25)21(16)14-6-8-15(9-7-14)22(23)24/h2-9,16H,1,10-11H2. The molecule has 0 aromatic heterocycles. The Hall–Kier alpha value is -2.03. The molecule has 2 aliphatic heterocycles. The molecule has 2 aromatic carbocycles. The van der Waals surface area contributed by atoms with Gasteiger partial charge in [-0.25, -0.2) is 0 Å². The second kappa shape index (κ2) is 6.36. The number of nitro groups is 1. The summed E-state index contributed by atoms with van der Waals surface area (Å²) >= 11 is 9.19. The Balaban J connectivity index is 1.76. The second-order valence-corrected chi connectivity index (χ2v) is 7.27. The van der Waals surface area contributed by atoms with E-state index in [2.05, 4.69) is 43.0 Å². The lowest BCUT2D eigenvalue weighted by molar-refractivity contribution is -0.384. The molecule has 0 N–H and O–H groups in total. The molecule has 2 aromatic rings. The highest BCUT2D eigenvalue weighted by Crippen LogP contribution is 2.41. The molecule has 6 nitrogen and oxygen atoms in total. The van der Waals surface area contributed by atoms with Gasteiger partial charge in [0.1, 0.15) is 6.17 Å². The number of thiocarbonyl (C=S) groups is 1. The average Bonchev–Trinajstić information content (AvgIpc) is 3.18. The van der Waals surface area contributed by atoms with Crippen molar-refractivity contribution in [3.63, 3.8) is 0 Å². The van der Waals surface area contributed by atoms with Crippen molar-refractivity contribution < 1.29 is 4.92 Å². The van der Waals surface area contributed by atoms with Crippen LogP contribution < -0.4 is 4.90 Å². The minimum atomic E-state index is -0.389. The van der Waals surface area contributed by atoms with Gasteiger partial charge in [-0.1, -0.05) is 28.1 Å². The largest absolute Gasteiger partial charge is 0.296 e. The Morgan fingerprint density at radius 1 is 1.08 bits per heavy atom. The van der Waals surface area contributed by atoms with Crippen LogP contribution >= 0.6 is 28.1 Å². The molecule has 0 saturated carbocycles. The van der Waals surface area contributed by atoms with Crippen molar-refractivity contribution in [1.29, 1.82) is 0 Å². The Bertz CT molecular complexity index is 828. The summed E-state index contributed by atoms with van der Waals surface area (Å²) in [5, 5.41) is 16.1. The number of nitro benzene ring substituents is 1. The molecule has 8 heteroatoms. The summed E-state index contributed by atoms with van der Waals surface area (Å²) in [7, 11) is 0. The minimum Gasteiger partial charge on any atom is -0.296 e. The van der Waals surface area contributed by atoms with E-state index in [-0.39, 0.29) is 16.8 Å². The molecule has 0 aliphatic carbocycles. The zero-order chi connectivity index (χ0) is 17.6. The van der Waals surface area contributed by atoms with Crippen LogP contribution in [0.1, 0.15) is 18.2 Å². The maximum Gasteiger partial charge on any atom is 0.269 e. The normalized spacial score (nSPS) is 20.2. The van der Waals surface area contributed by atoms with Crippen molar-refractivity contribution in [2.24, 2.45) is 0 Å². The van der Waals surface area contributed by atoms with Gasteiger partial charge in [0.15, 0.2) is 5.11 Å². The van der Waals surface area contributed by atoms with Crippen LogP contribution in [0.2, 0.25) is 0 Å². The van der Waals surface area contributed by atoms with Crippen LogP contribution in [0.25, 0.3) is 0 Å². The first-order valence-corrected chi connectivity index (χ1v) is 9.13. The number of non-ortho nitro benzene ring substituents is 1. The first-order valence-electron chi connectivity index (χ1n) is 7.93. The summed E-state index contributed by atoms with van der Waals surface area (Å²) in [6.45, 7) is 1.83. The highest BCUT2D eigenvalue weighted by molar-refractivity contribution is 9.10. The maximum atomic E-state index is 10.9. The molecule has 0 bridgehead atoms. The number of rotatable bonds is 3. The van der Waals surface area contributed by atoms with E-state index in [9.17, 15) is 10.1 Å². The fourth-order valence-electron chi connectivity index (χ4n) is 3.40. The van der Waals surface area contributed by atoms with Crippen molar-refractivity contribution in [3.05, 3.63) is 68.7 Å². The van der Waals surface area contributed by atoms with E-state index in [4.69, 9.17) is 12.2 Å². The van der Waals surface area contributed by atoms with Gasteiger partial charge in [0.05, 0.1) is 4.92 Å². The number of hydrogen-bond acceptors (Lipinski definition) is 4. The van der Waals surface area contributed by atoms with Crippen LogP contribution in [-0.2, 0) is 0 Å². The number of benzene rings is 2. The lowest BCUT2D eigenvalue weighted by Crippen LogP contribution is -2.32. The lowest BCUT2D eigenvalue weighted by Gasteiger charge is -2.28. The van der Waals surface area contributed by atoms with Crippen molar-refractivity contribution in [3.8, 4) is 0 Å². The molecule has 2 heterocycles. The third-order valence-corrected chi connectivity index (χ3v) is 5.46. The van der Waals surface area contributed by atoms with E-state index in [1.54, 1.807) is 12.1 Å². The van der Waals surface area contributed by atoms with Gasteiger partial charge < -0.3 is 0 Å². The molecule has 25 heavy (non-hydrogen) atoms. The molecular formula is C17H15BrN4O2S. The molecule has 0 amide bonds. The monoisotopic (exact) mass is 418 g/mol. The van der Waals surface area contributed by atoms with Gasteiger partial charge in [0.25, 0.3) is 5.69 Å². The summed E-state index contributed by atoms with van der Waals surface area (Å²) < 4.78 is 1.02. The first kappa shape index (κ1) is 16.4. The molecule has 2 fully saturated rings. The number of nitrogens with zero attached hydrogens (tertiary/aromatic N) is 4. The molecule has 1 atom stereocenters. The highest BCUT2D eigenvalue weighted by Gasteiger charge is 2.45. The predicted octanol–water partition coefficient (Wildman–Crippen LogP) is 4.08. The summed E-state index contributed by atoms with van der Waals surface area (Å²) in [6, 6.07) is 14.8. The quantitative estimate of drug-likeness (QED) is 0.425. The topological polar surface area (TPSA) is 52.9 Å². The van der Waals surface area contributed by atoms with Crippen molar-refractivity contribution in [2.45, 2.75) is 12.6 Å². The first-order chi connectivity index (χ1) is 12.1. The highest BCUT2D eigenvalue weighted by atomic mass is 79.9. The average molecular weight is 419 g/mol. The van der Waals surface area contributed by atoms with Gasteiger partial charge in [0.2, 0.25) is 0 Å². The van der Waals surface area contributed by atoms with Crippen LogP contribution in [-0.4, -0.2) is 33.1 Å². The summed E-state index contributed by atoms with van der Waals surface area (Å²) in [4.78, 5) is 12.6. The molecule has 0 spiro atoms. The van der Waals surface area contributed by atoms with E-state index in [0.717, 1.165) is 40.3 Å². The summed E-state index contributed by atoms with van der Waals surface area (Å²) in [5.74, 6) is 0. The fourth-order valence-corrected chi connectivity index (χ4v) is 4.06. The Labute approximate surface area is 158 Å². The van der Waals surface area contributed by atoms with Gasteiger partial charge in [0, 0.05) is 35.4 Å². The smallest absolute Gasteiger partial charge is 0.269 e. The van der Waals surface area contributed by atoms with E-state index >= 15 is 0 Å². The predicted molar refractivity (Wildman–Crippen MR) is 103 cm³/mol. The summed E-state index contributed by atoms with van der Waals surface area (Å²) in [6.07, 6.45) is 1.03. The molecule has 2 aliphatic rings. The Morgan fingerprint density at radius 2 is 1.76 bits per heavy atom. The van der Waals surface area contributed by atoms with E-state index in [1.165, 1.54) is 12.1 Å². The maximum absolute atomic E-state index is 10.9. The van der Waals surface area contributed by atoms with Crippen LogP contribution in [0.15, 0.2) is 53.0 Å². The van der Waals surface area contributed by atoms with E-state index in [0.29, 0.717) is 0 Å². The van der Waals surface area contributed by atoms with Crippen LogP contribution in [0.4, 0.5) is 11.4 Å². The lowest BCUT2D eigenvalue weighted by atomic mass is 10.1. The number of fused-ring (bicyclic) bond motifs is 1. The number of hydrazine groups is 1. The van der Waals surface area contributed by atoms with Gasteiger partial charge in [-0.05, 0) is 48.5 Å². The third-order valence-electron chi connectivity index (χ3n) is 4.53. The minimum absolute atomic E-state index is 0.0374. The number of anilines is 1. The second-order valence-electron chi connectivity index (χ2n) is 5.99. The van der Waals surface area contributed by atoms with Crippen LogP contribution in [0, 0.1) is 10.1 Å². The van der Waals surface area contributed by atoms with Gasteiger partial charge >= 0.3 is 0 Å². The van der Waals surface area contributed by atoms with Gasteiger partial charge in [-0.2, -0.15) is 5.01 Å². The molecule has 128 valence electrons.